The van der Waals surface area contributed by atoms with Crippen molar-refractivity contribution in [2.45, 2.75) is 19.4 Å². The maximum atomic E-state index is 6.44. The van der Waals surface area contributed by atoms with Gasteiger partial charge < -0.3 is 5.73 Å². The van der Waals surface area contributed by atoms with Crippen LogP contribution in [0.15, 0.2) is 60.7 Å². The topological polar surface area (TPSA) is 26.0 Å². The summed E-state index contributed by atoms with van der Waals surface area (Å²) >= 11 is 6.27. The van der Waals surface area contributed by atoms with Crippen LogP contribution in [0.5, 0.6) is 0 Å². The standard InChI is InChI=1S/C19H18ClN/c1-13-6-8-14(9-7-13)12-19(21)17-10-11-18(20)16-5-3-2-4-15(16)17/h2-11,19H,12,21H2,1H3. The largest absolute Gasteiger partial charge is 0.324 e. The molecule has 3 aromatic rings. The molecule has 0 aliphatic rings. The molecule has 21 heavy (non-hydrogen) atoms. The lowest BCUT2D eigenvalue weighted by atomic mass is 9.94. The second kappa shape index (κ2) is 5.88. The minimum absolute atomic E-state index is 0.0325. The third kappa shape index (κ3) is 2.94. The van der Waals surface area contributed by atoms with E-state index in [1.807, 2.05) is 30.3 Å². The average Bonchev–Trinajstić information content (AvgIpc) is 2.50. The zero-order chi connectivity index (χ0) is 14.8. The number of halogens is 1. The molecule has 0 aliphatic heterocycles. The Morgan fingerprint density at radius 1 is 0.905 bits per heavy atom. The van der Waals surface area contributed by atoms with Gasteiger partial charge in [0.15, 0.2) is 0 Å². The molecule has 1 nitrogen and oxygen atoms in total. The predicted octanol–water partition coefficient (Wildman–Crippen LogP) is 5.04. The molecule has 2 heteroatoms. The first-order valence-corrected chi connectivity index (χ1v) is 7.51. The van der Waals surface area contributed by atoms with E-state index in [4.69, 9.17) is 17.3 Å². The lowest BCUT2D eigenvalue weighted by molar-refractivity contribution is 0.728. The van der Waals surface area contributed by atoms with Crippen LogP contribution in [0, 0.1) is 6.92 Å². The van der Waals surface area contributed by atoms with Crippen LogP contribution in [0.2, 0.25) is 5.02 Å². The van der Waals surface area contributed by atoms with Gasteiger partial charge in [0.2, 0.25) is 0 Å². The number of rotatable bonds is 3. The minimum Gasteiger partial charge on any atom is -0.324 e. The quantitative estimate of drug-likeness (QED) is 0.719. The average molecular weight is 296 g/mol. The number of benzene rings is 3. The summed E-state index contributed by atoms with van der Waals surface area (Å²) in [6.07, 6.45) is 0.825. The molecule has 0 amide bonds. The van der Waals surface area contributed by atoms with E-state index in [1.54, 1.807) is 0 Å². The van der Waals surface area contributed by atoms with Gasteiger partial charge >= 0.3 is 0 Å². The van der Waals surface area contributed by atoms with Crippen molar-refractivity contribution in [1.82, 2.24) is 0 Å². The Bertz CT molecular complexity index is 762. The van der Waals surface area contributed by atoms with Crippen LogP contribution in [0.1, 0.15) is 22.7 Å². The van der Waals surface area contributed by atoms with Crippen LogP contribution in [0.25, 0.3) is 10.8 Å². The lowest BCUT2D eigenvalue weighted by Crippen LogP contribution is -2.13. The van der Waals surface area contributed by atoms with Crippen molar-refractivity contribution in [2.75, 3.05) is 0 Å². The van der Waals surface area contributed by atoms with Gasteiger partial charge in [-0.25, -0.2) is 0 Å². The molecule has 106 valence electrons. The fourth-order valence-corrected chi connectivity index (χ4v) is 2.92. The molecule has 0 spiro atoms. The first-order chi connectivity index (χ1) is 10.1. The molecule has 0 saturated carbocycles. The Hall–Kier alpha value is -1.83. The fraction of sp³-hybridized carbons (Fsp3) is 0.158. The Morgan fingerprint density at radius 3 is 2.29 bits per heavy atom. The zero-order valence-electron chi connectivity index (χ0n) is 12.0. The molecule has 0 radical (unpaired) electrons. The molecule has 0 bridgehead atoms. The Balaban J connectivity index is 1.96. The Morgan fingerprint density at radius 2 is 1.57 bits per heavy atom. The van der Waals surface area contributed by atoms with E-state index >= 15 is 0 Å². The number of fused-ring (bicyclic) bond motifs is 1. The zero-order valence-corrected chi connectivity index (χ0v) is 12.8. The highest BCUT2D eigenvalue weighted by atomic mass is 35.5. The normalized spacial score (nSPS) is 12.5. The van der Waals surface area contributed by atoms with E-state index in [-0.39, 0.29) is 6.04 Å². The smallest absolute Gasteiger partial charge is 0.0484 e. The maximum Gasteiger partial charge on any atom is 0.0484 e. The number of aryl methyl sites for hydroxylation is 1. The van der Waals surface area contributed by atoms with Crippen LogP contribution in [-0.2, 0) is 6.42 Å². The van der Waals surface area contributed by atoms with Crippen molar-refractivity contribution < 1.29 is 0 Å². The van der Waals surface area contributed by atoms with Gasteiger partial charge in [-0.15, -0.1) is 0 Å². The van der Waals surface area contributed by atoms with Gasteiger partial charge in [0.05, 0.1) is 0 Å². The van der Waals surface area contributed by atoms with Gasteiger partial charge in [-0.3, -0.25) is 0 Å². The van der Waals surface area contributed by atoms with Gasteiger partial charge in [-0.2, -0.15) is 0 Å². The fourth-order valence-electron chi connectivity index (χ4n) is 2.70. The van der Waals surface area contributed by atoms with Crippen LogP contribution in [0.4, 0.5) is 0 Å². The van der Waals surface area contributed by atoms with E-state index in [9.17, 15) is 0 Å². The van der Waals surface area contributed by atoms with Crippen LogP contribution in [-0.4, -0.2) is 0 Å². The third-order valence-electron chi connectivity index (χ3n) is 3.88. The highest BCUT2D eigenvalue weighted by Crippen LogP contribution is 2.30. The third-order valence-corrected chi connectivity index (χ3v) is 4.21. The molecule has 0 fully saturated rings. The summed E-state index contributed by atoms with van der Waals surface area (Å²) in [4.78, 5) is 0. The summed E-state index contributed by atoms with van der Waals surface area (Å²) in [6, 6.07) is 20.7. The molecular formula is C19H18ClN. The monoisotopic (exact) mass is 295 g/mol. The van der Waals surface area contributed by atoms with Crippen molar-refractivity contribution in [1.29, 1.82) is 0 Å². The van der Waals surface area contributed by atoms with Gasteiger partial charge in [-0.05, 0) is 35.9 Å². The molecule has 0 saturated heterocycles. The van der Waals surface area contributed by atoms with E-state index in [0.29, 0.717) is 0 Å². The van der Waals surface area contributed by atoms with E-state index in [0.717, 1.165) is 27.8 Å². The second-order valence-electron chi connectivity index (χ2n) is 5.48. The summed E-state index contributed by atoms with van der Waals surface area (Å²) in [5, 5.41) is 2.98. The summed E-state index contributed by atoms with van der Waals surface area (Å²) < 4.78 is 0. The van der Waals surface area contributed by atoms with Crippen molar-refractivity contribution in [3.05, 3.63) is 82.4 Å². The summed E-state index contributed by atoms with van der Waals surface area (Å²) in [7, 11) is 0. The lowest BCUT2D eigenvalue weighted by Gasteiger charge is -2.16. The molecule has 2 N–H and O–H groups in total. The first kappa shape index (κ1) is 14.1. The first-order valence-electron chi connectivity index (χ1n) is 7.13. The molecule has 1 atom stereocenters. The Labute approximate surface area is 130 Å². The molecule has 3 rings (SSSR count). The van der Waals surface area contributed by atoms with Crippen molar-refractivity contribution in [3.63, 3.8) is 0 Å². The molecular weight excluding hydrogens is 278 g/mol. The molecule has 1 unspecified atom stereocenters. The molecule has 3 aromatic carbocycles. The number of nitrogens with two attached hydrogens (primary N) is 1. The highest BCUT2D eigenvalue weighted by Gasteiger charge is 2.12. The van der Waals surface area contributed by atoms with Crippen LogP contribution >= 0.6 is 11.6 Å². The molecule has 0 aromatic heterocycles. The van der Waals surface area contributed by atoms with E-state index in [1.165, 1.54) is 11.1 Å². The van der Waals surface area contributed by atoms with Crippen molar-refractivity contribution in [2.24, 2.45) is 5.73 Å². The van der Waals surface area contributed by atoms with Gasteiger partial charge in [0, 0.05) is 16.5 Å². The summed E-state index contributed by atoms with van der Waals surface area (Å²) in [5.74, 6) is 0. The van der Waals surface area contributed by atoms with E-state index in [2.05, 4.69) is 37.3 Å². The van der Waals surface area contributed by atoms with Crippen molar-refractivity contribution >= 4 is 22.4 Å². The number of hydrogen-bond donors (Lipinski definition) is 1. The van der Waals surface area contributed by atoms with Crippen molar-refractivity contribution in [3.8, 4) is 0 Å². The Kier molecular flexibility index (Phi) is 3.96. The van der Waals surface area contributed by atoms with Gasteiger partial charge in [-0.1, -0.05) is 71.8 Å². The van der Waals surface area contributed by atoms with Gasteiger partial charge in [0.1, 0.15) is 0 Å². The van der Waals surface area contributed by atoms with E-state index < -0.39 is 0 Å². The SMILES string of the molecule is Cc1ccc(CC(N)c2ccc(Cl)c3ccccc23)cc1. The van der Waals surface area contributed by atoms with Crippen LogP contribution < -0.4 is 5.73 Å². The number of hydrogen-bond acceptors (Lipinski definition) is 1. The maximum absolute atomic E-state index is 6.44. The summed E-state index contributed by atoms with van der Waals surface area (Å²) in [6.45, 7) is 2.09. The van der Waals surface area contributed by atoms with Gasteiger partial charge in [0.25, 0.3) is 0 Å². The minimum atomic E-state index is -0.0325. The molecule has 0 aliphatic carbocycles. The summed E-state index contributed by atoms with van der Waals surface area (Å²) in [5.41, 5.74) is 10.1. The van der Waals surface area contributed by atoms with Crippen LogP contribution in [0.3, 0.4) is 0 Å². The predicted molar refractivity (Wildman–Crippen MR) is 90.8 cm³/mol. The highest BCUT2D eigenvalue weighted by molar-refractivity contribution is 6.35. The molecule has 0 heterocycles. The second-order valence-corrected chi connectivity index (χ2v) is 5.89.